The number of carbonyl (C=O) groups excluding carboxylic acids is 1. The first kappa shape index (κ1) is 15.5. The summed E-state index contributed by atoms with van der Waals surface area (Å²) in [6.45, 7) is 0.651. The molecule has 1 aliphatic carbocycles. The van der Waals surface area contributed by atoms with Gasteiger partial charge in [-0.3, -0.25) is 4.79 Å². The molecular weight excluding hydrogens is 278 g/mol. The van der Waals surface area contributed by atoms with Gasteiger partial charge in [0.25, 0.3) is 0 Å². The third-order valence-corrected chi connectivity index (χ3v) is 5.21. The van der Waals surface area contributed by atoms with Gasteiger partial charge in [0, 0.05) is 20.1 Å². The van der Waals surface area contributed by atoms with Crippen LogP contribution in [0, 0.1) is 5.92 Å². The average molecular weight is 303 g/mol. The van der Waals surface area contributed by atoms with Gasteiger partial charge < -0.3 is 14.7 Å². The molecule has 0 spiro atoms. The molecule has 1 saturated carbocycles. The molecule has 1 saturated heterocycles. The predicted molar refractivity (Wildman–Crippen MR) is 84.5 cm³/mol. The lowest BCUT2D eigenvalue weighted by Crippen LogP contribution is -2.40. The van der Waals surface area contributed by atoms with Crippen molar-refractivity contribution in [3.05, 3.63) is 35.9 Å². The average Bonchev–Trinajstić information content (AvgIpc) is 2.94. The summed E-state index contributed by atoms with van der Waals surface area (Å²) >= 11 is 0. The van der Waals surface area contributed by atoms with Crippen LogP contribution in [0.1, 0.15) is 37.2 Å². The molecule has 1 N–H and O–H groups in total. The number of rotatable bonds is 5. The standard InChI is InChI=1S/C18H25NO3/c1-22-17-10-16(12-20)19(11-17)18(21)9-13-7-15(8-13)14-5-3-2-4-6-14/h2-6,13,15-17,20H,7-12H2,1H3/t13?,15?,16-,17-/m0/s1. The molecule has 0 aromatic heterocycles. The number of likely N-dealkylation sites (tertiary alicyclic amines) is 1. The summed E-state index contributed by atoms with van der Waals surface area (Å²) in [5, 5.41) is 9.45. The van der Waals surface area contributed by atoms with Crippen LogP contribution in [-0.2, 0) is 9.53 Å². The SMILES string of the molecule is CO[C@H]1C[C@@H](CO)N(C(=O)CC2CC(c3ccccc3)C2)C1. The van der Waals surface area contributed by atoms with E-state index in [1.54, 1.807) is 7.11 Å². The number of hydrogen-bond acceptors (Lipinski definition) is 3. The van der Waals surface area contributed by atoms with Crippen LogP contribution < -0.4 is 0 Å². The fourth-order valence-corrected chi connectivity index (χ4v) is 3.79. The van der Waals surface area contributed by atoms with Gasteiger partial charge >= 0.3 is 0 Å². The molecule has 2 fully saturated rings. The molecule has 0 radical (unpaired) electrons. The minimum atomic E-state index is -0.0672. The molecule has 4 heteroatoms. The largest absolute Gasteiger partial charge is 0.394 e. The first-order valence-corrected chi connectivity index (χ1v) is 8.19. The van der Waals surface area contributed by atoms with Crippen LogP contribution in [0.5, 0.6) is 0 Å². The number of carbonyl (C=O) groups is 1. The number of aliphatic hydroxyl groups excluding tert-OH is 1. The van der Waals surface area contributed by atoms with E-state index in [9.17, 15) is 9.90 Å². The predicted octanol–water partition coefficient (Wildman–Crippen LogP) is 2.18. The van der Waals surface area contributed by atoms with Crippen molar-refractivity contribution in [1.29, 1.82) is 0 Å². The summed E-state index contributed by atoms with van der Waals surface area (Å²) in [5.74, 6) is 1.27. The number of aliphatic hydroxyl groups is 1. The zero-order chi connectivity index (χ0) is 15.5. The summed E-state index contributed by atoms with van der Waals surface area (Å²) in [4.78, 5) is 14.3. The van der Waals surface area contributed by atoms with Gasteiger partial charge in [0.05, 0.1) is 18.8 Å². The van der Waals surface area contributed by atoms with E-state index in [4.69, 9.17) is 4.74 Å². The molecule has 0 bridgehead atoms. The van der Waals surface area contributed by atoms with Gasteiger partial charge in [-0.1, -0.05) is 30.3 Å². The van der Waals surface area contributed by atoms with E-state index in [-0.39, 0.29) is 24.7 Å². The van der Waals surface area contributed by atoms with Gasteiger partial charge in [-0.25, -0.2) is 0 Å². The molecule has 1 aromatic rings. The monoisotopic (exact) mass is 303 g/mol. The first-order chi connectivity index (χ1) is 10.7. The number of ether oxygens (including phenoxy) is 1. The minimum Gasteiger partial charge on any atom is -0.394 e. The molecular formula is C18H25NO3. The highest BCUT2D eigenvalue weighted by Crippen LogP contribution is 2.43. The van der Waals surface area contributed by atoms with E-state index in [2.05, 4.69) is 24.3 Å². The van der Waals surface area contributed by atoms with Crippen LogP contribution in [0.15, 0.2) is 30.3 Å². The highest BCUT2D eigenvalue weighted by molar-refractivity contribution is 5.77. The van der Waals surface area contributed by atoms with Crippen molar-refractivity contribution >= 4 is 5.91 Å². The quantitative estimate of drug-likeness (QED) is 0.907. The molecule has 1 amide bonds. The molecule has 2 atom stereocenters. The normalized spacial score (nSPS) is 31.1. The fourth-order valence-electron chi connectivity index (χ4n) is 3.79. The van der Waals surface area contributed by atoms with Crippen LogP contribution in [0.4, 0.5) is 0 Å². The van der Waals surface area contributed by atoms with Crippen LogP contribution >= 0.6 is 0 Å². The van der Waals surface area contributed by atoms with Crippen molar-refractivity contribution in [2.45, 2.75) is 43.7 Å². The topological polar surface area (TPSA) is 49.8 Å². The van der Waals surface area contributed by atoms with Crippen molar-refractivity contribution in [1.82, 2.24) is 4.90 Å². The lowest BCUT2D eigenvalue weighted by molar-refractivity contribution is -0.134. The summed E-state index contributed by atoms with van der Waals surface area (Å²) < 4.78 is 5.34. The molecule has 2 aliphatic rings. The second-order valence-corrected chi connectivity index (χ2v) is 6.63. The number of methoxy groups -OCH3 is 1. The molecule has 3 rings (SSSR count). The Balaban J connectivity index is 1.49. The van der Waals surface area contributed by atoms with E-state index in [1.165, 1.54) is 5.56 Å². The summed E-state index contributed by atoms with van der Waals surface area (Å²) in [6, 6.07) is 10.5. The zero-order valence-corrected chi connectivity index (χ0v) is 13.1. The summed E-state index contributed by atoms with van der Waals surface area (Å²) in [6.07, 6.45) is 3.62. The Morgan fingerprint density at radius 3 is 2.64 bits per heavy atom. The minimum absolute atomic E-state index is 0.0307. The van der Waals surface area contributed by atoms with Crippen LogP contribution in [0.2, 0.25) is 0 Å². The van der Waals surface area contributed by atoms with Crippen LogP contribution in [0.25, 0.3) is 0 Å². The second-order valence-electron chi connectivity index (χ2n) is 6.63. The number of benzene rings is 1. The van der Waals surface area contributed by atoms with E-state index in [1.807, 2.05) is 11.0 Å². The van der Waals surface area contributed by atoms with Crippen molar-refractivity contribution < 1.29 is 14.6 Å². The molecule has 120 valence electrons. The fraction of sp³-hybridized carbons (Fsp3) is 0.611. The van der Waals surface area contributed by atoms with Gasteiger partial charge in [0.2, 0.25) is 5.91 Å². The molecule has 0 unspecified atom stereocenters. The van der Waals surface area contributed by atoms with E-state index >= 15 is 0 Å². The smallest absolute Gasteiger partial charge is 0.223 e. The molecule has 4 nitrogen and oxygen atoms in total. The highest BCUT2D eigenvalue weighted by Gasteiger charge is 2.38. The van der Waals surface area contributed by atoms with Gasteiger partial charge in [0.15, 0.2) is 0 Å². The van der Waals surface area contributed by atoms with E-state index < -0.39 is 0 Å². The molecule has 1 aromatic carbocycles. The van der Waals surface area contributed by atoms with Crippen molar-refractivity contribution in [3.63, 3.8) is 0 Å². The molecule has 22 heavy (non-hydrogen) atoms. The summed E-state index contributed by atoms with van der Waals surface area (Å²) in [7, 11) is 1.67. The molecule has 1 heterocycles. The molecule has 1 aliphatic heterocycles. The van der Waals surface area contributed by atoms with Crippen LogP contribution in [0.3, 0.4) is 0 Å². The highest BCUT2D eigenvalue weighted by atomic mass is 16.5. The van der Waals surface area contributed by atoms with Crippen molar-refractivity contribution in [2.75, 3.05) is 20.3 Å². The number of hydrogen-bond donors (Lipinski definition) is 1. The van der Waals surface area contributed by atoms with Gasteiger partial charge in [-0.15, -0.1) is 0 Å². The Bertz CT molecular complexity index is 498. The number of amides is 1. The van der Waals surface area contributed by atoms with Crippen molar-refractivity contribution in [2.24, 2.45) is 5.92 Å². The maximum atomic E-state index is 12.5. The van der Waals surface area contributed by atoms with Gasteiger partial charge in [-0.05, 0) is 36.7 Å². The van der Waals surface area contributed by atoms with E-state index in [0.29, 0.717) is 24.8 Å². The third kappa shape index (κ3) is 3.18. The Kier molecular flexibility index (Phi) is 4.79. The Morgan fingerprint density at radius 1 is 1.27 bits per heavy atom. The van der Waals surface area contributed by atoms with Crippen molar-refractivity contribution in [3.8, 4) is 0 Å². The zero-order valence-electron chi connectivity index (χ0n) is 13.1. The first-order valence-electron chi connectivity index (χ1n) is 8.19. The number of nitrogens with zero attached hydrogens (tertiary/aromatic N) is 1. The Hall–Kier alpha value is -1.39. The Morgan fingerprint density at radius 2 is 2.00 bits per heavy atom. The maximum absolute atomic E-state index is 12.5. The Labute approximate surface area is 132 Å². The lowest BCUT2D eigenvalue weighted by Gasteiger charge is -2.36. The second kappa shape index (κ2) is 6.80. The summed E-state index contributed by atoms with van der Waals surface area (Å²) in [5.41, 5.74) is 1.39. The lowest BCUT2D eigenvalue weighted by atomic mass is 9.70. The van der Waals surface area contributed by atoms with Gasteiger partial charge in [0.1, 0.15) is 0 Å². The third-order valence-electron chi connectivity index (χ3n) is 5.21. The maximum Gasteiger partial charge on any atom is 0.223 e. The van der Waals surface area contributed by atoms with Crippen LogP contribution in [-0.4, -0.2) is 48.3 Å². The van der Waals surface area contributed by atoms with E-state index in [0.717, 1.165) is 19.3 Å². The van der Waals surface area contributed by atoms with Gasteiger partial charge in [-0.2, -0.15) is 0 Å².